The summed E-state index contributed by atoms with van der Waals surface area (Å²) in [6.45, 7) is 0.464. The van der Waals surface area contributed by atoms with Gasteiger partial charge in [-0.25, -0.2) is 4.98 Å². The highest BCUT2D eigenvalue weighted by molar-refractivity contribution is 6.29. The standard InChI is InChI=1S/C19H19ClN6O/c20-17-2-1-12(10-23-17)7-14-8-15(21)11-26(19(14)27)18-9-16(24-25-18)13-3-5-22-6-4-13/h1-6,9-10,14-15H,7-8,11,21H2,(H,24,25)/t14-,15+/m1/s1. The molecule has 27 heavy (non-hydrogen) atoms. The normalized spacial score (nSPS) is 20.1. The molecule has 0 bridgehead atoms. The van der Waals surface area contributed by atoms with Crippen LogP contribution in [0.5, 0.6) is 0 Å². The van der Waals surface area contributed by atoms with E-state index in [4.69, 9.17) is 17.3 Å². The summed E-state index contributed by atoms with van der Waals surface area (Å²) in [5, 5.41) is 7.73. The summed E-state index contributed by atoms with van der Waals surface area (Å²) in [7, 11) is 0. The fourth-order valence-electron chi connectivity index (χ4n) is 3.41. The summed E-state index contributed by atoms with van der Waals surface area (Å²) in [6.07, 6.45) is 6.35. The van der Waals surface area contributed by atoms with Crippen LogP contribution in [0.2, 0.25) is 5.15 Å². The Morgan fingerprint density at radius 3 is 2.81 bits per heavy atom. The van der Waals surface area contributed by atoms with Crippen molar-refractivity contribution >= 4 is 23.3 Å². The van der Waals surface area contributed by atoms with Crippen molar-refractivity contribution in [3.05, 3.63) is 59.6 Å². The Balaban J connectivity index is 1.55. The van der Waals surface area contributed by atoms with Gasteiger partial charge >= 0.3 is 0 Å². The van der Waals surface area contributed by atoms with Crippen molar-refractivity contribution in [1.82, 2.24) is 20.2 Å². The first-order valence-electron chi connectivity index (χ1n) is 8.73. The van der Waals surface area contributed by atoms with E-state index in [1.807, 2.05) is 24.3 Å². The number of anilines is 1. The number of hydrogen-bond acceptors (Lipinski definition) is 5. The maximum Gasteiger partial charge on any atom is 0.231 e. The summed E-state index contributed by atoms with van der Waals surface area (Å²) in [5.74, 6) is 0.488. The third kappa shape index (κ3) is 3.84. The maximum absolute atomic E-state index is 13.1. The Morgan fingerprint density at radius 1 is 1.26 bits per heavy atom. The van der Waals surface area contributed by atoms with Crippen molar-refractivity contribution < 1.29 is 4.79 Å². The van der Waals surface area contributed by atoms with E-state index in [2.05, 4.69) is 20.2 Å². The smallest absolute Gasteiger partial charge is 0.231 e. The van der Waals surface area contributed by atoms with Crippen LogP contribution >= 0.6 is 11.6 Å². The van der Waals surface area contributed by atoms with Gasteiger partial charge < -0.3 is 5.73 Å². The predicted molar refractivity (Wildman–Crippen MR) is 103 cm³/mol. The molecule has 8 heteroatoms. The largest absolute Gasteiger partial charge is 0.326 e. The van der Waals surface area contributed by atoms with Gasteiger partial charge in [0, 0.05) is 48.7 Å². The lowest BCUT2D eigenvalue weighted by atomic mass is 9.88. The Hall–Kier alpha value is -2.77. The van der Waals surface area contributed by atoms with E-state index in [1.165, 1.54) is 0 Å². The highest BCUT2D eigenvalue weighted by atomic mass is 35.5. The zero-order valence-electron chi connectivity index (χ0n) is 14.5. The fraction of sp³-hybridized carbons (Fsp3) is 0.263. The van der Waals surface area contributed by atoms with Gasteiger partial charge in [-0.3, -0.25) is 19.8 Å². The van der Waals surface area contributed by atoms with Gasteiger partial charge in [0.15, 0.2) is 0 Å². The van der Waals surface area contributed by atoms with E-state index >= 15 is 0 Å². The minimum absolute atomic E-state index is 0.0385. The summed E-state index contributed by atoms with van der Waals surface area (Å²) in [4.78, 5) is 22.9. The minimum atomic E-state index is -0.204. The number of piperidine rings is 1. The van der Waals surface area contributed by atoms with Gasteiger partial charge in [0.05, 0.1) is 5.69 Å². The average molecular weight is 383 g/mol. The van der Waals surface area contributed by atoms with Crippen molar-refractivity contribution in [2.24, 2.45) is 11.7 Å². The van der Waals surface area contributed by atoms with Crippen molar-refractivity contribution in [2.75, 3.05) is 11.4 Å². The lowest BCUT2D eigenvalue weighted by molar-refractivity contribution is -0.124. The number of aromatic nitrogens is 4. The lowest BCUT2D eigenvalue weighted by Gasteiger charge is -2.34. The molecular weight excluding hydrogens is 364 g/mol. The first kappa shape index (κ1) is 17.6. The van der Waals surface area contributed by atoms with Gasteiger partial charge in [-0.15, -0.1) is 0 Å². The molecule has 1 saturated heterocycles. The Morgan fingerprint density at radius 2 is 2.07 bits per heavy atom. The Bertz CT molecular complexity index is 927. The second-order valence-electron chi connectivity index (χ2n) is 6.71. The highest BCUT2D eigenvalue weighted by Crippen LogP contribution is 2.28. The molecule has 1 aliphatic heterocycles. The number of nitrogens with two attached hydrogens (primary N) is 1. The van der Waals surface area contributed by atoms with Gasteiger partial charge in [0.2, 0.25) is 5.91 Å². The molecule has 0 aromatic carbocycles. The van der Waals surface area contributed by atoms with Crippen LogP contribution < -0.4 is 10.6 Å². The quantitative estimate of drug-likeness (QED) is 0.675. The first-order chi connectivity index (χ1) is 13.1. The number of nitrogens with zero attached hydrogens (tertiary/aromatic N) is 4. The van der Waals surface area contributed by atoms with Gasteiger partial charge in [-0.1, -0.05) is 17.7 Å². The number of amides is 1. The van der Waals surface area contributed by atoms with Crippen LogP contribution in [0.4, 0.5) is 5.82 Å². The molecule has 4 heterocycles. The summed E-state index contributed by atoms with van der Waals surface area (Å²) < 4.78 is 0. The number of halogens is 1. The molecule has 7 nitrogen and oxygen atoms in total. The van der Waals surface area contributed by atoms with Crippen molar-refractivity contribution in [3.8, 4) is 11.3 Å². The molecule has 3 aromatic heterocycles. The molecular formula is C19H19ClN6O. The fourth-order valence-corrected chi connectivity index (χ4v) is 3.52. The molecule has 3 aromatic rings. The van der Waals surface area contributed by atoms with Crippen LogP contribution in [-0.4, -0.2) is 38.7 Å². The second kappa shape index (κ2) is 7.46. The second-order valence-corrected chi connectivity index (χ2v) is 7.10. The molecule has 4 rings (SSSR count). The van der Waals surface area contributed by atoms with Gasteiger partial charge in [0.1, 0.15) is 11.0 Å². The molecule has 0 spiro atoms. The zero-order valence-corrected chi connectivity index (χ0v) is 15.3. The predicted octanol–water partition coefficient (Wildman–Crippen LogP) is 2.44. The van der Waals surface area contributed by atoms with E-state index < -0.39 is 0 Å². The number of rotatable bonds is 4. The van der Waals surface area contributed by atoms with Gasteiger partial charge in [-0.2, -0.15) is 5.10 Å². The maximum atomic E-state index is 13.1. The summed E-state index contributed by atoms with van der Waals surface area (Å²) >= 11 is 5.84. The zero-order chi connectivity index (χ0) is 18.8. The van der Waals surface area contributed by atoms with Crippen molar-refractivity contribution in [3.63, 3.8) is 0 Å². The number of nitrogens with one attached hydrogen (secondary N) is 1. The topological polar surface area (TPSA) is 101 Å². The molecule has 1 fully saturated rings. The molecule has 138 valence electrons. The van der Waals surface area contributed by atoms with Crippen LogP contribution in [0.25, 0.3) is 11.3 Å². The molecule has 0 unspecified atom stereocenters. The minimum Gasteiger partial charge on any atom is -0.326 e. The SMILES string of the molecule is N[C@H]1C[C@@H](Cc2ccc(Cl)nc2)C(=O)N(c2cc(-c3ccncc3)n[nH]2)C1. The number of H-pyrrole nitrogens is 1. The summed E-state index contributed by atoms with van der Waals surface area (Å²) in [6, 6.07) is 9.15. The van der Waals surface area contributed by atoms with E-state index in [0.29, 0.717) is 30.4 Å². The molecule has 3 N–H and O–H groups in total. The van der Waals surface area contributed by atoms with Crippen LogP contribution in [-0.2, 0) is 11.2 Å². The van der Waals surface area contributed by atoms with Crippen LogP contribution in [0.3, 0.4) is 0 Å². The van der Waals surface area contributed by atoms with E-state index in [1.54, 1.807) is 29.6 Å². The number of carbonyl (C=O) groups excluding carboxylic acids is 1. The molecule has 0 aliphatic carbocycles. The average Bonchev–Trinajstić information content (AvgIpc) is 3.17. The van der Waals surface area contributed by atoms with E-state index in [0.717, 1.165) is 16.8 Å². The molecule has 0 radical (unpaired) electrons. The third-order valence-electron chi connectivity index (χ3n) is 4.72. The van der Waals surface area contributed by atoms with E-state index in [-0.39, 0.29) is 17.9 Å². The molecule has 1 aliphatic rings. The van der Waals surface area contributed by atoms with Crippen LogP contribution in [0.1, 0.15) is 12.0 Å². The monoisotopic (exact) mass is 382 g/mol. The summed E-state index contributed by atoms with van der Waals surface area (Å²) in [5.41, 5.74) is 8.90. The third-order valence-corrected chi connectivity index (χ3v) is 4.95. The first-order valence-corrected chi connectivity index (χ1v) is 9.11. The Kier molecular flexibility index (Phi) is 4.87. The molecule has 2 atom stereocenters. The number of carbonyl (C=O) groups is 1. The van der Waals surface area contributed by atoms with Crippen LogP contribution in [0, 0.1) is 5.92 Å². The number of pyridine rings is 2. The Labute approximate surface area is 161 Å². The van der Waals surface area contributed by atoms with Gasteiger partial charge in [-0.05, 0) is 36.6 Å². The number of hydrogen-bond donors (Lipinski definition) is 2. The molecule has 0 saturated carbocycles. The van der Waals surface area contributed by atoms with Crippen molar-refractivity contribution in [2.45, 2.75) is 18.9 Å². The van der Waals surface area contributed by atoms with Gasteiger partial charge in [0.25, 0.3) is 0 Å². The lowest BCUT2D eigenvalue weighted by Crippen LogP contribution is -2.51. The van der Waals surface area contributed by atoms with E-state index in [9.17, 15) is 4.79 Å². The molecule has 1 amide bonds. The van der Waals surface area contributed by atoms with Crippen LogP contribution in [0.15, 0.2) is 48.9 Å². The highest BCUT2D eigenvalue weighted by Gasteiger charge is 2.34. The number of aromatic amines is 1. The van der Waals surface area contributed by atoms with Crippen molar-refractivity contribution in [1.29, 1.82) is 0 Å².